The Kier molecular flexibility index (Phi) is 6.35. The molecule has 3 aromatic rings. The number of hydrogen-bond donors (Lipinski definition) is 2. The predicted octanol–water partition coefficient (Wildman–Crippen LogP) is 3.86. The molecule has 2 aromatic carbocycles. The largest absolute Gasteiger partial charge is 0.454 e. The number of benzene rings is 2. The van der Waals surface area contributed by atoms with Crippen LogP contribution in [0.3, 0.4) is 0 Å². The summed E-state index contributed by atoms with van der Waals surface area (Å²) in [5.74, 6) is 0.214. The van der Waals surface area contributed by atoms with Crippen LogP contribution in [0.25, 0.3) is 10.9 Å². The summed E-state index contributed by atoms with van der Waals surface area (Å²) >= 11 is 0. The van der Waals surface area contributed by atoms with Crippen LogP contribution in [0, 0.1) is 5.92 Å². The van der Waals surface area contributed by atoms with Crippen LogP contribution in [-0.4, -0.2) is 35.4 Å². The number of aromatic nitrogens is 1. The first-order valence-corrected chi connectivity index (χ1v) is 11.0. The number of hydrogen-bond acceptors (Lipinski definition) is 5. The maximum atomic E-state index is 12.8. The van der Waals surface area contributed by atoms with Crippen LogP contribution in [0.2, 0.25) is 0 Å². The molecule has 0 fully saturated rings. The number of para-hydroxylation sites is 1. The van der Waals surface area contributed by atoms with Crippen molar-refractivity contribution in [3.63, 3.8) is 0 Å². The number of ether oxygens (including phenoxy) is 2. The zero-order valence-corrected chi connectivity index (χ0v) is 19.2. The molecular formula is C25H28N4O4. The van der Waals surface area contributed by atoms with Gasteiger partial charge in [0.25, 0.3) is 11.8 Å². The maximum Gasteiger partial charge on any atom is 0.262 e. The lowest BCUT2D eigenvalue weighted by molar-refractivity contribution is -0.123. The van der Waals surface area contributed by atoms with Gasteiger partial charge in [0, 0.05) is 34.3 Å². The topological polar surface area (TPSA) is 93.9 Å². The number of amides is 2. The third kappa shape index (κ3) is 4.69. The van der Waals surface area contributed by atoms with E-state index in [1.807, 2.05) is 38.2 Å². The van der Waals surface area contributed by atoms with Gasteiger partial charge in [0.2, 0.25) is 6.79 Å². The van der Waals surface area contributed by atoms with Crippen LogP contribution in [0.1, 0.15) is 49.7 Å². The summed E-state index contributed by atoms with van der Waals surface area (Å²) in [6.07, 6.45) is 3.66. The Bertz CT molecular complexity index is 1210. The van der Waals surface area contributed by atoms with Crippen molar-refractivity contribution in [2.45, 2.75) is 39.8 Å². The molecule has 1 aromatic heterocycles. The monoisotopic (exact) mass is 448 g/mol. The molecule has 4 rings (SSSR count). The van der Waals surface area contributed by atoms with Crippen LogP contribution in [-0.2, 0) is 4.79 Å². The molecule has 8 heteroatoms. The van der Waals surface area contributed by atoms with E-state index in [2.05, 4.69) is 40.3 Å². The zero-order valence-electron chi connectivity index (χ0n) is 19.2. The highest BCUT2D eigenvalue weighted by atomic mass is 16.7. The fourth-order valence-corrected chi connectivity index (χ4v) is 3.79. The summed E-state index contributed by atoms with van der Waals surface area (Å²) in [4.78, 5) is 25.6. The smallest absolute Gasteiger partial charge is 0.262 e. The van der Waals surface area contributed by atoms with Gasteiger partial charge in [-0.3, -0.25) is 9.59 Å². The second-order valence-electron chi connectivity index (χ2n) is 8.60. The SMILES string of the molecule is CC(C)C(NC(=O)c1ccc2c(c1)OCO2)C(=O)N/N=C/c1cn(C(C)C)c2ccccc12. The lowest BCUT2D eigenvalue weighted by Gasteiger charge is -2.20. The van der Waals surface area contributed by atoms with Gasteiger partial charge in [0.1, 0.15) is 6.04 Å². The van der Waals surface area contributed by atoms with E-state index < -0.39 is 6.04 Å². The fraction of sp³-hybridized carbons (Fsp3) is 0.320. The maximum absolute atomic E-state index is 12.8. The minimum absolute atomic E-state index is 0.130. The van der Waals surface area contributed by atoms with Crippen LogP contribution in [0.15, 0.2) is 53.8 Å². The molecule has 0 radical (unpaired) electrons. The van der Waals surface area contributed by atoms with Gasteiger partial charge < -0.3 is 19.4 Å². The molecule has 1 aliphatic heterocycles. The van der Waals surface area contributed by atoms with Gasteiger partial charge in [-0.1, -0.05) is 32.0 Å². The van der Waals surface area contributed by atoms with E-state index >= 15 is 0 Å². The molecule has 1 aliphatic rings. The van der Waals surface area contributed by atoms with E-state index in [0.717, 1.165) is 16.5 Å². The summed E-state index contributed by atoms with van der Waals surface area (Å²) in [7, 11) is 0. The van der Waals surface area contributed by atoms with Crippen molar-refractivity contribution in [2.24, 2.45) is 11.0 Å². The summed E-state index contributed by atoms with van der Waals surface area (Å²) in [6, 6.07) is 12.5. The van der Waals surface area contributed by atoms with Crippen molar-refractivity contribution >= 4 is 28.9 Å². The molecule has 2 amide bonds. The normalized spacial score (nSPS) is 13.8. The summed E-state index contributed by atoms with van der Waals surface area (Å²) in [5.41, 5.74) is 4.98. The highest BCUT2D eigenvalue weighted by Gasteiger charge is 2.25. The zero-order chi connectivity index (χ0) is 23.5. The van der Waals surface area contributed by atoms with Gasteiger partial charge >= 0.3 is 0 Å². The first-order valence-electron chi connectivity index (χ1n) is 11.0. The number of fused-ring (bicyclic) bond motifs is 2. The van der Waals surface area contributed by atoms with Crippen LogP contribution in [0.5, 0.6) is 11.5 Å². The Morgan fingerprint density at radius 3 is 2.58 bits per heavy atom. The molecule has 2 heterocycles. The standard InChI is InChI=1S/C25H28N4O4/c1-15(2)23(27-24(30)17-9-10-21-22(11-17)33-14-32-21)25(31)28-26-12-18-13-29(16(3)4)20-8-6-5-7-19(18)20/h5-13,15-16,23H,14H2,1-4H3,(H,27,30)(H,28,31)/b26-12+. The van der Waals surface area contributed by atoms with Crippen molar-refractivity contribution in [3.05, 3.63) is 59.8 Å². The quantitative estimate of drug-likeness (QED) is 0.424. The number of nitrogens with zero attached hydrogens (tertiary/aromatic N) is 2. The van der Waals surface area contributed by atoms with E-state index in [-0.39, 0.29) is 24.5 Å². The molecule has 0 saturated carbocycles. The van der Waals surface area contributed by atoms with E-state index in [4.69, 9.17) is 9.47 Å². The molecule has 0 saturated heterocycles. The highest BCUT2D eigenvalue weighted by Crippen LogP contribution is 2.32. The Morgan fingerprint density at radius 1 is 1.06 bits per heavy atom. The Balaban J connectivity index is 1.45. The lowest BCUT2D eigenvalue weighted by Crippen LogP contribution is -2.48. The lowest BCUT2D eigenvalue weighted by atomic mass is 10.0. The van der Waals surface area contributed by atoms with E-state index in [1.54, 1.807) is 24.4 Å². The molecule has 2 N–H and O–H groups in total. The molecule has 33 heavy (non-hydrogen) atoms. The van der Waals surface area contributed by atoms with E-state index in [0.29, 0.717) is 23.1 Å². The van der Waals surface area contributed by atoms with Crippen LogP contribution < -0.4 is 20.2 Å². The number of carbonyl (C=O) groups excluding carboxylic acids is 2. The van der Waals surface area contributed by atoms with E-state index in [9.17, 15) is 9.59 Å². The summed E-state index contributed by atoms with van der Waals surface area (Å²) < 4.78 is 12.8. The van der Waals surface area contributed by atoms with E-state index in [1.165, 1.54) is 0 Å². The van der Waals surface area contributed by atoms with Crippen molar-refractivity contribution in [3.8, 4) is 11.5 Å². The number of rotatable bonds is 7. The molecule has 172 valence electrons. The molecule has 1 unspecified atom stereocenters. The van der Waals surface area contributed by atoms with Gasteiger partial charge in [-0.2, -0.15) is 5.10 Å². The fourth-order valence-electron chi connectivity index (χ4n) is 3.79. The molecule has 1 atom stereocenters. The van der Waals surface area contributed by atoms with Gasteiger partial charge in [0.15, 0.2) is 11.5 Å². The van der Waals surface area contributed by atoms with Gasteiger partial charge in [-0.15, -0.1) is 0 Å². The third-order valence-corrected chi connectivity index (χ3v) is 5.58. The van der Waals surface area contributed by atoms with Gasteiger partial charge in [-0.05, 0) is 44.0 Å². The van der Waals surface area contributed by atoms with Crippen LogP contribution in [0.4, 0.5) is 0 Å². The van der Waals surface area contributed by atoms with Crippen molar-refractivity contribution in [2.75, 3.05) is 6.79 Å². The molecule has 0 spiro atoms. The van der Waals surface area contributed by atoms with Crippen LogP contribution >= 0.6 is 0 Å². The first-order chi connectivity index (χ1) is 15.8. The average molecular weight is 449 g/mol. The minimum atomic E-state index is -0.753. The Hall–Kier alpha value is -3.81. The van der Waals surface area contributed by atoms with Crippen molar-refractivity contribution in [1.29, 1.82) is 0 Å². The molecular weight excluding hydrogens is 420 g/mol. The minimum Gasteiger partial charge on any atom is -0.454 e. The summed E-state index contributed by atoms with van der Waals surface area (Å²) in [5, 5.41) is 8.02. The molecule has 0 aliphatic carbocycles. The number of carbonyl (C=O) groups is 2. The third-order valence-electron chi connectivity index (χ3n) is 5.58. The predicted molar refractivity (Wildman–Crippen MR) is 127 cm³/mol. The van der Waals surface area contributed by atoms with Gasteiger partial charge in [0.05, 0.1) is 6.21 Å². The Morgan fingerprint density at radius 2 is 1.82 bits per heavy atom. The highest BCUT2D eigenvalue weighted by molar-refractivity contribution is 6.00. The van der Waals surface area contributed by atoms with Crippen molar-refractivity contribution < 1.29 is 19.1 Å². The summed E-state index contributed by atoms with van der Waals surface area (Å²) in [6.45, 7) is 8.09. The van der Waals surface area contributed by atoms with Gasteiger partial charge in [-0.25, -0.2) is 5.43 Å². The number of hydrazone groups is 1. The average Bonchev–Trinajstić information content (AvgIpc) is 3.41. The van der Waals surface area contributed by atoms with Crippen molar-refractivity contribution in [1.82, 2.24) is 15.3 Å². The molecule has 8 nitrogen and oxygen atoms in total. The second kappa shape index (κ2) is 9.36. The Labute approximate surface area is 192 Å². The first kappa shape index (κ1) is 22.4. The number of nitrogens with one attached hydrogen (secondary N) is 2. The second-order valence-corrected chi connectivity index (χ2v) is 8.60. The molecule has 0 bridgehead atoms.